The molecule has 1 rings (SSSR count). The fourth-order valence-corrected chi connectivity index (χ4v) is 0.979. The van der Waals surface area contributed by atoms with Gasteiger partial charge in [-0.15, -0.1) is 0 Å². The van der Waals surface area contributed by atoms with Crippen molar-refractivity contribution in [2.24, 2.45) is 0 Å². The quantitative estimate of drug-likeness (QED) is 0.788. The van der Waals surface area contributed by atoms with E-state index in [1.54, 1.807) is 0 Å². The van der Waals surface area contributed by atoms with E-state index in [0.717, 1.165) is 0 Å². The summed E-state index contributed by atoms with van der Waals surface area (Å²) in [4.78, 5) is 3.54. The van der Waals surface area contributed by atoms with Gasteiger partial charge in [0.05, 0.1) is 6.10 Å². The van der Waals surface area contributed by atoms with Gasteiger partial charge in [-0.3, -0.25) is 4.98 Å². The molecule has 0 aliphatic heterocycles. The molecular weight excluding hydrogens is 176 g/mol. The third-order valence-electron chi connectivity index (χ3n) is 1.80. The van der Waals surface area contributed by atoms with Crippen LogP contribution in [0.2, 0.25) is 0 Å². The van der Waals surface area contributed by atoms with Gasteiger partial charge in [0, 0.05) is 6.20 Å². The minimum absolute atomic E-state index is 0.257. The molecule has 0 aliphatic rings. The first kappa shape index (κ1) is 10.1. The molecular formula is C9H11F2NO. The van der Waals surface area contributed by atoms with E-state index in [9.17, 15) is 13.9 Å². The van der Waals surface area contributed by atoms with Gasteiger partial charge in [0.1, 0.15) is 5.69 Å². The third-order valence-corrected chi connectivity index (χ3v) is 1.80. The molecule has 13 heavy (non-hydrogen) atoms. The van der Waals surface area contributed by atoms with Gasteiger partial charge in [-0.25, -0.2) is 8.78 Å². The molecule has 1 unspecified atom stereocenters. The summed E-state index contributed by atoms with van der Waals surface area (Å²) in [5, 5.41) is 9.33. The summed E-state index contributed by atoms with van der Waals surface area (Å²) in [6.45, 7) is 1.81. The molecule has 1 heterocycles. The lowest BCUT2D eigenvalue weighted by Gasteiger charge is -2.07. The lowest BCUT2D eigenvalue weighted by molar-refractivity contribution is 0.145. The number of aliphatic hydroxyl groups excluding tert-OH is 1. The van der Waals surface area contributed by atoms with Crippen LogP contribution in [0.5, 0.6) is 0 Å². The topological polar surface area (TPSA) is 33.1 Å². The van der Waals surface area contributed by atoms with Crippen LogP contribution >= 0.6 is 0 Å². The van der Waals surface area contributed by atoms with E-state index in [1.165, 1.54) is 18.3 Å². The predicted molar refractivity (Wildman–Crippen MR) is 44.4 cm³/mol. The van der Waals surface area contributed by atoms with Gasteiger partial charge in [-0.1, -0.05) is 13.0 Å². The smallest absolute Gasteiger partial charge is 0.280 e. The summed E-state index contributed by atoms with van der Waals surface area (Å²) < 4.78 is 24.1. The molecule has 0 amide bonds. The summed E-state index contributed by atoms with van der Waals surface area (Å²) in [5.41, 5.74) is 0.318. The number of halogens is 2. The molecule has 0 saturated heterocycles. The van der Waals surface area contributed by atoms with Gasteiger partial charge in [0.2, 0.25) is 0 Å². The number of pyridine rings is 1. The molecule has 0 saturated carbocycles. The van der Waals surface area contributed by atoms with Crippen molar-refractivity contribution >= 4 is 0 Å². The summed E-state index contributed by atoms with van der Waals surface area (Å²) >= 11 is 0. The maximum atomic E-state index is 12.1. The zero-order chi connectivity index (χ0) is 9.84. The summed E-state index contributed by atoms with van der Waals surface area (Å²) in [7, 11) is 0. The number of hydrogen-bond acceptors (Lipinski definition) is 2. The van der Waals surface area contributed by atoms with Crippen molar-refractivity contribution in [2.45, 2.75) is 25.9 Å². The normalized spacial score (nSPS) is 13.3. The van der Waals surface area contributed by atoms with E-state index in [0.29, 0.717) is 12.0 Å². The van der Waals surface area contributed by atoms with Gasteiger partial charge in [-0.05, 0) is 18.1 Å². The fraction of sp³-hybridized carbons (Fsp3) is 0.444. The Morgan fingerprint density at radius 2 is 2.15 bits per heavy atom. The van der Waals surface area contributed by atoms with Crippen LogP contribution in [0.3, 0.4) is 0 Å². The molecule has 0 fully saturated rings. The molecule has 0 radical (unpaired) electrons. The summed E-state index contributed by atoms with van der Waals surface area (Å²) in [6, 6.07) is 2.71. The van der Waals surface area contributed by atoms with E-state index in [1.807, 2.05) is 6.92 Å². The molecule has 1 aromatic heterocycles. The first-order chi connectivity index (χ1) is 6.15. The molecule has 0 aromatic carbocycles. The van der Waals surface area contributed by atoms with Crippen molar-refractivity contribution < 1.29 is 13.9 Å². The number of nitrogens with zero attached hydrogens (tertiary/aromatic N) is 1. The minimum atomic E-state index is -2.55. The largest absolute Gasteiger partial charge is 0.388 e. The predicted octanol–water partition coefficient (Wildman–Crippen LogP) is 2.46. The maximum Gasteiger partial charge on any atom is 0.280 e. The number of rotatable bonds is 3. The first-order valence-electron chi connectivity index (χ1n) is 4.07. The van der Waals surface area contributed by atoms with Crippen molar-refractivity contribution in [1.82, 2.24) is 4.98 Å². The maximum absolute atomic E-state index is 12.1. The Balaban J connectivity index is 2.81. The number of aliphatic hydroxyl groups is 1. The minimum Gasteiger partial charge on any atom is -0.388 e. The Morgan fingerprint density at radius 1 is 1.46 bits per heavy atom. The van der Waals surface area contributed by atoms with Crippen molar-refractivity contribution in [3.63, 3.8) is 0 Å². The van der Waals surface area contributed by atoms with Crippen LogP contribution in [0.1, 0.15) is 37.1 Å². The average molecular weight is 187 g/mol. The number of aromatic nitrogens is 1. The lowest BCUT2D eigenvalue weighted by atomic mass is 10.1. The number of hydrogen-bond donors (Lipinski definition) is 1. The zero-order valence-corrected chi connectivity index (χ0v) is 7.24. The monoisotopic (exact) mass is 187 g/mol. The van der Waals surface area contributed by atoms with E-state index in [2.05, 4.69) is 4.98 Å². The van der Waals surface area contributed by atoms with Gasteiger partial charge >= 0.3 is 0 Å². The van der Waals surface area contributed by atoms with Gasteiger partial charge in [0.25, 0.3) is 6.43 Å². The molecule has 0 aliphatic carbocycles. The van der Waals surface area contributed by atoms with Crippen molar-refractivity contribution in [3.05, 3.63) is 29.6 Å². The highest BCUT2D eigenvalue weighted by Gasteiger charge is 2.10. The van der Waals surface area contributed by atoms with Gasteiger partial charge < -0.3 is 5.11 Å². The highest BCUT2D eigenvalue weighted by Crippen LogP contribution is 2.19. The van der Waals surface area contributed by atoms with E-state index in [4.69, 9.17) is 0 Å². The van der Waals surface area contributed by atoms with Crippen molar-refractivity contribution in [2.75, 3.05) is 0 Å². The van der Waals surface area contributed by atoms with Gasteiger partial charge in [-0.2, -0.15) is 0 Å². The van der Waals surface area contributed by atoms with Crippen LogP contribution in [0.4, 0.5) is 8.78 Å². The van der Waals surface area contributed by atoms with Crippen LogP contribution in [0.15, 0.2) is 18.3 Å². The molecule has 4 heteroatoms. The molecule has 0 bridgehead atoms. The summed E-state index contributed by atoms with van der Waals surface area (Å²) in [6.07, 6.45) is -1.32. The first-order valence-corrected chi connectivity index (χ1v) is 4.07. The molecule has 1 atom stereocenters. The molecule has 2 nitrogen and oxygen atoms in total. The second kappa shape index (κ2) is 4.28. The Bertz CT molecular complexity index is 261. The third kappa shape index (κ3) is 2.45. The lowest BCUT2D eigenvalue weighted by Crippen LogP contribution is -1.97. The van der Waals surface area contributed by atoms with Crippen LogP contribution in [-0.2, 0) is 0 Å². The second-order valence-corrected chi connectivity index (χ2v) is 2.74. The van der Waals surface area contributed by atoms with Gasteiger partial charge in [0.15, 0.2) is 0 Å². The second-order valence-electron chi connectivity index (χ2n) is 2.74. The standard InChI is InChI=1S/C9H11F2NO/c1-2-8(13)6-3-4-7(9(10)11)12-5-6/h3-5,8-9,13H,2H2,1H3. The van der Waals surface area contributed by atoms with Crippen molar-refractivity contribution in [1.29, 1.82) is 0 Å². The Morgan fingerprint density at radius 3 is 2.54 bits per heavy atom. The van der Waals surface area contributed by atoms with Crippen LogP contribution < -0.4 is 0 Å². The van der Waals surface area contributed by atoms with Crippen LogP contribution in [0.25, 0.3) is 0 Å². The molecule has 1 aromatic rings. The van der Waals surface area contributed by atoms with Crippen LogP contribution in [-0.4, -0.2) is 10.1 Å². The fourth-order valence-electron chi connectivity index (χ4n) is 0.979. The van der Waals surface area contributed by atoms with Crippen molar-refractivity contribution in [3.8, 4) is 0 Å². The Labute approximate surface area is 75.2 Å². The average Bonchev–Trinajstić information content (AvgIpc) is 2.17. The highest BCUT2D eigenvalue weighted by molar-refractivity contribution is 5.16. The molecule has 0 spiro atoms. The molecule has 1 N–H and O–H groups in total. The summed E-state index contributed by atoms with van der Waals surface area (Å²) in [5.74, 6) is 0. The van der Waals surface area contributed by atoms with E-state index >= 15 is 0 Å². The van der Waals surface area contributed by atoms with E-state index in [-0.39, 0.29) is 5.69 Å². The Hall–Kier alpha value is -1.03. The highest BCUT2D eigenvalue weighted by atomic mass is 19.3. The zero-order valence-electron chi connectivity index (χ0n) is 7.24. The molecule has 72 valence electrons. The van der Waals surface area contributed by atoms with E-state index < -0.39 is 12.5 Å². The SMILES string of the molecule is CCC(O)c1ccc(C(F)F)nc1. The Kier molecular flexibility index (Phi) is 3.31. The number of alkyl halides is 2. The van der Waals surface area contributed by atoms with Crippen LogP contribution in [0, 0.1) is 0 Å².